The van der Waals surface area contributed by atoms with Crippen molar-refractivity contribution in [3.63, 3.8) is 0 Å². The van der Waals surface area contributed by atoms with Gasteiger partial charge in [-0.25, -0.2) is 0 Å². The molecule has 0 amide bonds. The van der Waals surface area contributed by atoms with Crippen LogP contribution in [0.15, 0.2) is 140 Å². The van der Waals surface area contributed by atoms with E-state index in [-0.39, 0.29) is 43.1 Å². The number of aromatic hydroxyl groups is 1. The van der Waals surface area contributed by atoms with E-state index in [1.165, 1.54) is 27.8 Å². The zero-order valence-corrected chi connectivity index (χ0v) is 36.7. The number of hydrogen-bond donors (Lipinski definition) is 1. The number of phenolic OH excluding ortho intramolecular Hbond substituents is 1. The molecule has 0 aliphatic heterocycles. The zero-order valence-electron chi connectivity index (χ0n) is 34.4. The van der Waals surface area contributed by atoms with Crippen LogP contribution in [0.25, 0.3) is 72.9 Å². The average Bonchev–Trinajstić information content (AvgIpc) is 3.69. The maximum absolute atomic E-state index is 11.9. The average molecular weight is 938 g/mol. The van der Waals surface area contributed by atoms with Gasteiger partial charge < -0.3 is 9.51 Å². The van der Waals surface area contributed by atoms with Crippen LogP contribution in [-0.4, -0.2) is 19.5 Å². The molecule has 1 aliphatic carbocycles. The van der Waals surface area contributed by atoms with Gasteiger partial charge in [-0.15, -0.1) is 24.3 Å². The van der Waals surface area contributed by atoms with Crippen LogP contribution in [-0.2, 0) is 37.3 Å². The number of phenols is 1. The summed E-state index contributed by atoms with van der Waals surface area (Å²) in [5.41, 5.74) is 16.8. The second-order valence-electron chi connectivity index (χ2n) is 18.1. The Kier molecular flexibility index (Phi) is 9.72. The van der Waals surface area contributed by atoms with Crippen LogP contribution in [0.4, 0.5) is 0 Å². The minimum absolute atomic E-state index is 0. The first-order valence-electron chi connectivity index (χ1n) is 19.9. The fourth-order valence-corrected chi connectivity index (χ4v) is 8.39. The van der Waals surface area contributed by atoms with Gasteiger partial charge >= 0.3 is 0 Å². The van der Waals surface area contributed by atoms with Gasteiger partial charge in [-0.2, -0.15) is 0 Å². The molecule has 1 N–H and O–H groups in total. The van der Waals surface area contributed by atoms with E-state index in [4.69, 9.17) is 9.97 Å². The molecule has 3 aromatic heterocycles. The van der Waals surface area contributed by atoms with Crippen molar-refractivity contribution in [2.75, 3.05) is 0 Å². The molecule has 5 heteroatoms. The van der Waals surface area contributed by atoms with Crippen LogP contribution in [0.1, 0.15) is 77.6 Å². The molecule has 9 rings (SSSR count). The van der Waals surface area contributed by atoms with Crippen LogP contribution >= 0.6 is 0 Å². The topological polar surface area (TPSA) is 50.4 Å². The van der Waals surface area contributed by atoms with Gasteiger partial charge in [0.25, 0.3) is 0 Å². The van der Waals surface area contributed by atoms with Crippen molar-refractivity contribution in [1.29, 1.82) is 0 Å². The molecule has 0 fully saturated rings. The molecule has 58 heavy (non-hydrogen) atoms. The normalized spacial score (nSPS) is 13.2. The van der Waals surface area contributed by atoms with Crippen molar-refractivity contribution in [2.24, 2.45) is 0 Å². The molecule has 0 saturated heterocycles. The summed E-state index contributed by atoms with van der Waals surface area (Å²) >= 11 is 0. The molecule has 8 aromatic rings. The van der Waals surface area contributed by atoms with Gasteiger partial charge in [0, 0.05) is 55.3 Å². The Labute approximate surface area is 357 Å². The van der Waals surface area contributed by atoms with E-state index in [1.807, 2.05) is 30.3 Å². The summed E-state index contributed by atoms with van der Waals surface area (Å²) in [5.74, 6) is 0.214. The minimum Gasteiger partial charge on any atom is -0.507 e. The molecule has 0 unspecified atom stereocenters. The second-order valence-corrected chi connectivity index (χ2v) is 18.1. The Hall–Kier alpha value is -5.57. The van der Waals surface area contributed by atoms with Crippen molar-refractivity contribution in [1.82, 2.24) is 14.4 Å². The predicted octanol–water partition coefficient (Wildman–Crippen LogP) is 13.5. The van der Waals surface area contributed by atoms with Gasteiger partial charge in [-0.1, -0.05) is 151 Å². The number of nitrogens with zero attached hydrogens (tertiary/aromatic N) is 3. The maximum atomic E-state index is 11.9. The molecular formula is C53H48N3OPt-. The first-order valence-corrected chi connectivity index (χ1v) is 19.9. The number of imidazole rings is 1. The van der Waals surface area contributed by atoms with Gasteiger partial charge in [0.1, 0.15) is 11.4 Å². The molecule has 0 atom stereocenters. The van der Waals surface area contributed by atoms with Crippen molar-refractivity contribution < 1.29 is 26.2 Å². The standard InChI is InChI=1S/C53H48N3O.Pt/c1-51(2,3)38-26-36(27-39(30-38)52(4,5)6)37-28-45(54-46(29-37)42-31-44-41(32-47(42)57)40-21-12-13-22-43(40)53(44,7)8)34-19-16-20-35(25-34)49-50(33-17-10-9-11-18-33)56-24-15-14-23-48(56)55-49;/h9-24,26-32,57H,1-8H3;/q-1;. The van der Waals surface area contributed by atoms with E-state index < -0.39 is 0 Å². The second kappa shape index (κ2) is 14.4. The van der Waals surface area contributed by atoms with E-state index in [0.29, 0.717) is 11.3 Å². The zero-order chi connectivity index (χ0) is 39.9. The van der Waals surface area contributed by atoms with E-state index >= 15 is 0 Å². The molecular weight excluding hydrogens is 890 g/mol. The Bertz CT molecular complexity index is 2820. The minimum atomic E-state index is -0.232. The molecule has 0 spiro atoms. The first-order chi connectivity index (χ1) is 27.2. The van der Waals surface area contributed by atoms with E-state index in [1.54, 1.807) is 0 Å². The molecule has 0 saturated carbocycles. The third-order valence-corrected chi connectivity index (χ3v) is 11.7. The fraction of sp³-hybridized carbons (Fsp3) is 0.208. The largest absolute Gasteiger partial charge is 0.507 e. The molecule has 5 aromatic carbocycles. The van der Waals surface area contributed by atoms with Gasteiger partial charge in [0.15, 0.2) is 0 Å². The summed E-state index contributed by atoms with van der Waals surface area (Å²) in [5, 5.41) is 11.9. The molecule has 3 heterocycles. The summed E-state index contributed by atoms with van der Waals surface area (Å²) in [4.78, 5) is 10.5. The van der Waals surface area contributed by atoms with Crippen LogP contribution < -0.4 is 0 Å². The van der Waals surface area contributed by atoms with Crippen LogP contribution in [0.5, 0.6) is 5.75 Å². The summed E-state index contributed by atoms with van der Waals surface area (Å²) in [6.07, 6.45) is 2.07. The van der Waals surface area contributed by atoms with Crippen molar-refractivity contribution >= 4 is 5.65 Å². The number of hydrogen-bond acceptors (Lipinski definition) is 3. The molecule has 0 radical (unpaired) electrons. The Balaban J connectivity index is 0.00000469. The third kappa shape index (κ3) is 6.82. The fourth-order valence-electron chi connectivity index (χ4n) is 8.39. The van der Waals surface area contributed by atoms with E-state index in [0.717, 1.165) is 56.1 Å². The van der Waals surface area contributed by atoms with Gasteiger partial charge in [0.05, 0.1) is 5.69 Å². The van der Waals surface area contributed by atoms with Crippen LogP contribution in [0.2, 0.25) is 0 Å². The van der Waals surface area contributed by atoms with Crippen molar-refractivity contribution in [3.05, 3.63) is 168 Å². The van der Waals surface area contributed by atoms with Gasteiger partial charge in [-0.05, 0) is 91.2 Å². The van der Waals surface area contributed by atoms with Crippen LogP contribution in [0.3, 0.4) is 0 Å². The number of aromatic nitrogens is 3. The quantitative estimate of drug-likeness (QED) is 0.175. The molecule has 0 bridgehead atoms. The molecule has 4 nitrogen and oxygen atoms in total. The Morgan fingerprint density at radius 1 is 0.552 bits per heavy atom. The van der Waals surface area contributed by atoms with Crippen molar-refractivity contribution in [2.45, 2.75) is 71.6 Å². The van der Waals surface area contributed by atoms with E-state index in [2.05, 4.69) is 175 Å². The van der Waals surface area contributed by atoms with Gasteiger partial charge in [0.2, 0.25) is 0 Å². The summed E-state index contributed by atoms with van der Waals surface area (Å²) < 4.78 is 2.15. The van der Waals surface area contributed by atoms with E-state index in [9.17, 15) is 5.11 Å². The maximum Gasteiger partial charge on any atom is 0.129 e. The number of pyridine rings is 2. The van der Waals surface area contributed by atoms with Crippen LogP contribution in [0, 0.1) is 6.07 Å². The monoisotopic (exact) mass is 937 g/mol. The third-order valence-electron chi connectivity index (χ3n) is 11.7. The summed E-state index contributed by atoms with van der Waals surface area (Å²) in [6, 6.07) is 50.4. The summed E-state index contributed by atoms with van der Waals surface area (Å²) in [6.45, 7) is 18.2. The first kappa shape index (κ1) is 39.3. The SMILES string of the molecule is CC(C)(C)c1cc(-c2cc(-c3[c-]c(-c4nc5ccccn5c4-c4ccccc4)ccc3)nc(-c3cc4c(cc3O)-c3ccccc3C4(C)C)c2)cc(C(C)(C)C)c1.[Pt]. The smallest absolute Gasteiger partial charge is 0.129 e. The Morgan fingerprint density at radius 3 is 1.91 bits per heavy atom. The molecule has 292 valence electrons. The number of rotatable bonds is 5. The van der Waals surface area contributed by atoms with Crippen molar-refractivity contribution in [3.8, 4) is 73.0 Å². The summed E-state index contributed by atoms with van der Waals surface area (Å²) in [7, 11) is 0. The molecule has 1 aliphatic rings. The number of fused-ring (bicyclic) bond motifs is 4. The number of benzene rings is 5. The predicted molar refractivity (Wildman–Crippen MR) is 236 cm³/mol. The van der Waals surface area contributed by atoms with Gasteiger partial charge in [-0.3, -0.25) is 9.97 Å². The Morgan fingerprint density at radius 2 is 1.19 bits per heavy atom.